The second-order valence-electron chi connectivity index (χ2n) is 9.20. The molecule has 0 saturated carbocycles. The molecule has 34 heavy (non-hydrogen) atoms. The van der Waals surface area contributed by atoms with Crippen LogP contribution in [0.3, 0.4) is 0 Å². The normalized spacial score (nSPS) is 18.1. The molecule has 8 heteroatoms. The van der Waals surface area contributed by atoms with Crippen molar-refractivity contribution in [1.29, 1.82) is 15.8 Å². The van der Waals surface area contributed by atoms with Crippen LogP contribution >= 0.6 is 0 Å². The fraction of sp³-hybridized carbons (Fsp3) is 0.423. The molecule has 1 N–H and O–H groups in total. The highest BCUT2D eigenvalue weighted by atomic mass is 16.5. The number of carbonyl (C=O) groups excluding carboxylic acids is 2. The monoisotopic (exact) mass is 457 g/mol. The summed E-state index contributed by atoms with van der Waals surface area (Å²) in [4.78, 5) is 26.5. The summed E-state index contributed by atoms with van der Waals surface area (Å²) in [5.74, 6) is -1.95. The van der Waals surface area contributed by atoms with Gasteiger partial charge in [0.1, 0.15) is 0 Å². The van der Waals surface area contributed by atoms with Crippen molar-refractivity contribution in [3.63, 3.8) is 0 Å². The molecule has 1 amide bonds. The molecule has 0 spiro atoms. The minimum Gasteiger partial charge on any atom is -0.462 e. The zero-order chi connectivity index (χ0) is 25.0. The number of nitrogens with zero attached hydrogens (tertiary/aromatic N) is 4. The number of fused-ring (bicyclic) bond motifs is 1. The van der Waals surface area contributed by atoms with Crippen LogP contribution in [-0.4, -0.2) is 36.6 Å². The minimum absolute atomic E-state index is 0.122. The van der Waals surface area contributed by atoms with E-state index < -0.39 is 17.9 Å². The van der Waals surface area contributed by atoms with Crippen molar-refractivity contribution in [2.45, 2.75) is 51.6 Å². The Labute approximate surface area is 199 Å². The molecule has 2 heterocycles. The smallest absolute Gasteiger partial charge is 0.333 e. The number of hydrogen-bond donors (Lipinski definition) is 1. The van der Waals surface area contributed by atoms with Crippen molar-refractivity contribution in [1.82, 2.24) is 5.32 Å². The van der Waals surface area contributed by atoms with E-state index in [0.29, 0.717) is 17.7 Å². The first-order valence-electron chi connectivity index (χ1n) is 11.1. The maximum atomic E-state index is 12.7. The van der Waals surface area contributed by atoms with E-state index in [1.54, 1.807) is 6.92 Å². The van der Waals surface area contributed by atoms with Gasteiger partial charge in [-0.1, -0.05) is 12.6 Å². The molecule has 0 fully saturated rings. The third kappa shape index (κ3) is 4.65. The van der Waals surface area contributed by atoms with Gasteiger partial charge < -0.3 is 15.0 Å². The number of rotatable bonds is 8. The summed E-state index contributed by atoms with van der Waals surface area (Å²) in [6, 6.07) is 10.5. The van der Waals surface area contributed by atoms with Gasteiger partial charge in [0.15, 0.2) is 5.92 Å². The molecule has 2 aliphatic heterocycles. The number of nitrogens with one attached hydrogen (secondary N) is 1. The maximum absolute atomic E-state index is 12.7. The first kappa shape index (κ1) is 24.6. The number of benzene rings is 1. The van der Waals surface area contributed by atoms with Crippen LogP contribution in [-0.2, 0) is 20.7 Å². The van der Waals surface area contributed by atoms with Crippen molar-refractivity contribution in [2.75, 3.05) is 18.1 Å². The van der Waals surface area contributed by atoms with Crippen molar-refractivity contribution < 1.29 is 14.3 Å². The van der Waals surface area contributed by atoms with Crippen molar-refractivity contribution >= 4 is 23.1 Å². The summed E-state index contributed by atoms with van der Waals surface area (Å²) in [5.41, 5.74) is 3.32. The SMILES string of the molecule is C=C(C)C(=O)OCCCCN1c2ccc(C3=C(C#N)C(C(C#N)C#N)NC3=O)cc2CC1(C)C. The van der Waals surface area contributed by atoms with Crippen LogP contribution < -0.4 is 10.2 Å². The van der Waals surface area contributed by atoms with Crippen LogP contribution in [0, 0.1) is 39.9 Å². The number of amides is 1. The number of unbranched alkanes of at least 4 members (excludes halogenated alkanes) is 1. The Morgan fingerprint density at radius 2 is 2.00 bits per heavy atom. The van der Waals surface area contributed by atoms with Crippen LogP contribution in [0.5, 0.6) is 0 Å². The van der Waals surface area contributed by atoms with Crippen LogP contribution in [0.1, 0.15) is 44.7 Å². The predicted molar refractivity (Wildman–Crippen MR) is 126 cm³/mol. The largest absolute Gasteiger partial charge is 0.462 e. The van der Waals surface area contributed by atoms with E-state index in [-0.39, 0.29) is 22.7 Å². The Morgan fingerprint density at radius 1 is 1.29 bits per heavy atom. The summed E-state index contributed by atoms with van der Waals surface area (Å²) in [7, 11) is 0. The van der Waals surface area contributed by atoms with Crippen LogP contribution in [0.25, 0.3) is 5.57 Å². The predicted octanol–water partition coefficient (Wildman–Crippen LogP) is 3.17. The van der Waals surface area contributed by atoms with E-state index in [9.17, 15) is 25.4 Å². The topological polar surface area (TPSA) is 130 Å². The van der Waals surface area contributed by atoms with E-state index in [1.165, 1.54) is 0 Å². The lowest BCUT2D eigenvalue weighted by molar-refractivity contribution is -0.139. The van der Waals surface area contributed by atoms with Crippen molar-refractivity contribution in [2.24, 2.45) is 5.92 Å². The number of esters is 1. The lowest BCUT2D eigenvalue weighted by Crippen LogP contribution is -2.41. The molecule has 0 aliphatic carbocycles. The first-order valence-corrected chi connectivity index (χ1v) is 11.1. The van der Waals surface area contributed by atoms with Gasteiger partial charge in [0.25, 0.3) is 5.91 Å². The summed E-state index contributed by atoms with van der Waals surface area (Å²) in [5, 5.41) is 30.8. The van der Waals surface area contributed by atoms with Gasteiger partial charge in [0, 0.05) is 23.3 Å². The van der Waals surface area contributed by atoms with Gasteiger partial charge in [-0.05, 0) is 63.3 Å². The molecule has 8 nitrogen and oxygen atoms in total. The van der Waals surface area contributed by atoms with Gasteiger partial charge in [0.2, 0.25) is 0 Å². The highest BCUT2D eigenvalue weighted by Gasteiger charge is 2.40. The van der Waals surface area contributed by atoms with Gasteiger partial charge in [-0.3, -0.25) is 4.79 Å². The molecular weight excluding hydrogens is 430 g/mol. The fourth-order valence-corrected chi connectivity index (χ4v) is 4.52. The van der Waals surface area contributed by atoms with E-state index in [2.05, 4.69) is 30.6 Å². The summed E-state index contributed by atoms with van der Waals surface area (Å²) in [6.45, 7) is 10.6. The summed E-state index contributed by atoms with van der Waals surface area (Å²) < 4.78 is 5.17. The van der Waals surface area contributed by atoms with Crippen molar-refractivity contribution in [3.05, 3.63) is 47.1 Å². The zero-order valence-corrected chi connectivity index (χ0v) is 19.6. The Balaban J connectivity index is 1.80. The molecule has 0 saturated heterocycles. The molecule has 174 valence electrons. The van der Waals surface area contributed by atoms with Crippen LogP contribution in [0.2, 0.25) is 0 Å². The average Bonchev–Trinajstić information content (AvgIpc) is 3.25. The molecule has 1 aromatic rings. The highest BCUT2D eigenvalue weighted by molar-refractivity contribution is 6.24. The highest BCUT2D eigenvalue weighted by Crippen LogP contribution is 2.41. The molecule has 0 aromatic heterocycles. The first-order chi connectivity index (χ1) is 16.1. The molecular formula is C26H27N5O3. The average molecular weight is 458 g/mol. The lowest BCUT2D eigenvalue weighted by Gasteiger charge is -2.34. The number of carbonyl (C=O) groups is 2. The van der Waals surface area contributed by atoms with E-state index >= 15 is 0 Å². The number of nitriles is 3. The Kier molecular flexibility index (Phi) is 7.08. The summed E-state index contributed by atoms with van der Waals surface area (Å²) in [6.07, 6.45) is 2.34. The van der Waals surface area contributed by atoms with Gasteiger partial charge in [-0.2, -0.15) is 15.8 Å². The maximum Gasteiger partial charge on any atom is 0.333 e. The van der Waals surface area contributed by atoms with Gasteiger partial charge in [0.05, 0.1) is 42.0 Å². The Hall–Kier alpha value is -4.09. The molecule has 2 aliphatic rings. The van der Waals surface area contributed by atoms with Gasteiger partial charge in [-0.15, -0.1) is 0 Å². The number of hydrogen-bond acceptors (Lipinski definition) is 7. The molecule has 0 radical (unpaired) electrons. The molecule has 3 rings (SSSR count). The number of ether oxygens (including phenoxy) is 1. The van der Waals surface area contributed by atoms with Crippen LogP contribution in [0.4, 0.5) is 5.69 Å². The van der Waals surface area contributed by atoms with E-state index in [0.717, 1.165) is 37.1 Å². The molecule has 1 atom stereocenters. The molecule has 1 aromatic carbocycles. The standard InChI is InChI=1S/C26H27N5O3/c1-16(2)25(33)34-10-6-5-9-31-21-8-7-17(11-18(21)12-26(31,3)4)22-20(15-29)23(30-24(22)32)19(13-27)14-28/h7-8,11,19,23H,1,5-6,9-10,12H2,2-4H3,(H,30,32). The second-order valence-corrected chi connectivity index (χ2v) is 9.20. The quantitative estimate of drug-likeness (QED) is 0.360. The minimum atomic E-state index is -1.13. The number of anilines is 1. The third-order valence-corrected chi connectivity index (χ3v) is 6.20. The lowest BCUT2D eigenvalue weighted by atomic mass is 9.92. The second kappa shape index (κ2) is 9.81. The molecule has 1 unspecified atom stereocenters. The van der Waals surface area contributed by atoms with Gasteiger partial charge in [-0.25, -0.2) is 4.79 Å². The van der Waals surface area contributed by atoms with Gasteiger partial charge >= 0.3 is 5.97 Å². The van der Waals surface area contributed by atoms with E-state index in [1.807, 2.05) is 36.4 Å². The zero-order valence-electron chi connectivity index (χ0n) is 19.6. The van der Waals surface area contributed by atoms with E-state index in [4.69, 9.17) is 4.74 Å². The molecule has 0 bridgehead atoms. The fourth-order valence-electron chi connectivity index (χ4n) is 4.52. The van der Waals surface area contributed by atoms with Crippen molar-refractivity contribution in [3.8, 4) is 18.2 Å². The summed E-state index contributed by atoms with van der Waals surface area (Å²) >= 11 is 0. The third-order valence-electron chi connectivity index (χ3n) is 6.20. The Morgan fingerprint density at radius 3 is 2.62 bits per heavy atom. The Bertz CT molecular complexity index is 1180. The van der Waals surface area contributed by atoms with Crippen LogP contribution in [0.15, 0.2) is 35.9 Å².